The Kier molecular flexibility index (Phi) is 7.85. The van der Waals surface area contributed by atoms with E-state index < -0.39 is 0 Å². The number of guanidine groups is 1. The molecular formula is C9H23N3O. The number of aliphatic imine (C=N–C) groups is 1. The van der Waals surface area contributed by atoms with Gasteiger partial charge in [0.25, 0.3) is 5.96 Å². The lowest BCUT2D eigenvalue weighted by Gasteiger charge is -2.28. The fraction of sp³-hybridized carbons (Fsp3) is 0.889. The van der Waals surface area contributed by atoms with Crippen molar-refractivity contribution in [3.05, 3.63) is 0 Å². The monoisotopic (exact) mass is 189 g/mol. The van der Waals surface area contributed by atoms with Gasteiger partial charge in [0.15, 0.2) is 0 Å². The molecule has 0 unspecified atom stereocenters. The fourth-order valence-corrected chi connectivity index (χ4v) is 1.10. The predicted molar refractivity (Wildman–Crippen MR) is 55.6 cm³/mol. The van der Waals surface area contributed by atoms with E-state index in [0.29, 0.717) is 0 Å². The maximum Gasteiger partial charge on any atom is 0.298 e. The second-order valence-electron chi connectivity index (χ2n) is 3.72. The molecule has 80 valence electrons. The summed E-state index contributed by atoms with van der Waals surface area (Å²) in [6, 6.07) is 0. The molecule has 0 aliphatic heterocycles. The van der Waals surface area contributed by atoms with Crippen LogP contribution >= 0.6 is 0 Å². The van der Waals surface area contributed by atoms with E-state index in [-0.39, 0.29) is 6.61 Å². The van der Waals surface area contributed by atoms with Crippen LogP contribution in [0.3, 0.4) is 0 Å². The summed E-state index contributed by atoms with van der Waals surface area (Å²) >= 11 is 0. The molecule has 0 spiro atoms. The standard InChI is InChI=1S/C7H18N3.C2H5O/c1-8-7(9(2)3)10(4,5)6;1-2-3/h1-6H3;2H2,1H3/q+1;-1. The van der Waals surface area contributed by atoms with E-state index in [9.17, 15) is 0 Å². The molecule has 0 saturated carbocycles. The van der Waals surface area contributed by atoms with Crippen LogP contribution in [0, 0.1) is 0 Å². The highest BCUT2D eigenvalue weighted by Crippen LogP contribution is 1.96. The van der Waals surface area contributed by atoms with Gasteiger partial charge in [0.1, 0.15) is 0 Å². The smallest absolute Gasteiger partial charge is 0.298 e. The Morgan fingerprint density at radius 3 is 1.62 bits per heavy atom. The molecule has 0 aromatic rings. The van der Waals surface area contributed by atoms with E-state index in [4.69, 9.17) is 5.11 Å². The molecule has 0 aromatic heterocycles. The molecule has 0 saturated heterocycles. The molecule has 0 fully saturated rings. The predicted octanol–water partition coefficient (Wildman–Crippen LogP) is -0.393. The molecule has 4 nitrogen and oxygen atoms in total. The lowest BCUT2D eigenvalue weighted by Crippen LogP contribution is -2.48. The number of hydrogen-bond donors (Lipinski definition) is 0. The molecule has 0 aromatic carbocycles. The van der Waals surface area contributed by atoms with Crippen molar-refractivity contribution in [2.24, 2.45) is 4.99 Å². The van der Waals surface area contributed by atoms with Gasteiger partial charge in [-0.15, -0.1) is 6.61 Å². The third-order valence-electron chi connectivity index (χ3n) is 1.20. The third kappa shape index (κ3) is 7.74. The molecule has 4 heteroatoms. The Bertz CT molecular complexity index is 147. The highest BCUT2D eigenvalue weighted by Gasteiger charge is 2.18. The van der Waals surface area contributed by atoms with Crippen LogP contribution in [0.1, 0.15) is 6.92 Å². The Hall–Kier alpha value is -0.610. The molecule has 0 bridgehead atoms. The lowest BCUT2D eigenvalue weighted by atomic mass is 10.6. The summed E-state index contributed by atoms with van der Waals surface area (Å²) < 4.78 is 0.767. The van der Waals surface area contributed by atoms with E-state index in [2.05, 4.69) is 26.1 Å². The van der Waals surface area contributed by atoms with Crippen LogP contribution in [0.4, 0.5) is 0 Å². The van der Waals surface area contributed by atoms with Gasteiger partial charge in [-0.05, 0) is 0 Å². The topological polar surface area (TPSA) is 38.7 Å². The first-order valence-electron chi connectivity index (χ1n) is 4.35. The van der Waals surface area contributed by atoms with Crippen molar-refractivity contribution in [1.29, 1.82) is 0 Å². The van der Waals surface area contributed by atoms with Crippen molar-refractivity contribution in [2.45, 2.75) is 6.92 Å². The van der Waals surface area contributed by atoms with Crippen LogP contribution in [-0.2, 0) is 0 Å². The summed E-state index contributed by atoms with van der Waals surface area (Å²) in [4.78, 5) is 6.20. The molecule has 0 radical (unpaired) electrons. The van der Waals surface area contributed by atoms with Gasteiger partial charge in [0.2, 0.25) is 0 Å². The van der Waals surface area contributed by atoms with Gasteiger partial charge >= 0.3 is 0 Å². The van der Waals surface area contributed by atoms with Crippen molar-refractivity contribution >= 4 is 5.96 Å². The molecular weight excluding hydrogens is 166 g/mol. The first-order chi connectivity index (χ1) is 5.81. The minimum Gasteiger partial charge on any atom is -0.855 e. The molecule has 0 N–H and O–H groups in total. The minimum atomic E-state index is 0. The maximum absolute atomic E-state index is 8.93. The SMILES string of the molecule is CC[O-].CN=C(N(C)C)[N+](C)(C)C. The van der Waals surface area contributed by atoms with E-state index >= 15 is 0 Å². The van der Waals surface area contributed by atoms with Crippen LogP contribution in [0.25, 0.3) is 0 Å². The molecule has 0 aliphatic carbocycles. The quantitative estimate of drug-likeness (QED) is 0.296. The van der Waals surface area contributed by atoms with E-state index in [1.165, 1.54) is 0 Å². The summed E-state index contributed by atoms with van der Waals surface area (Å²) in [5.41, 5.74) is 0. The van der Waals surface area contributed by atoms with Crippen molar-refractivity contribution in [2.75, 3.05) is 48.9 Å². The molecule has 0 rings (SSSR count). The summed E-state index contributed by atoms with van der Waals surface area (Å²) in [6.07, 6.45) is 0. The highest BCUT2D eigenvalue weighted by atomic mass is 16.2. The number of hydrogen-bond acceptors (Lipinski definition) is 2. The Morgan fingerprint density at radius 2 is 1.62 bits per heavy atom. The van der Waals surface area contributed by atoms with Gasteiger partial charge in [-0.25, -0.2) is 4.99 Å². The Labute approximate surface area is 82.1 Å². The Balaban J connectivity index is 0. The van der Waals surface area contributed by atoms with Gasteiger partial charge in [-0.1, -0.05) is 6.92 Å². The van der Waals surface area contributed by atoms with Crippen LogP contribution in [0.2, 0.25) is 0 Å². The van der Waals surface area contributed by atoms with Gasteiger partial charge < -0.3 is 10.0 Å². The summed E-state index contributed by atoms with van der Waals surface area (Å²) in [5, 5.41) is 8.93. The van der Waals surface area contributed by atoms with Crippen molar-refractivity contribution in [3.63, 3.8) is 0 Å². The highest BCUT2D eigenvalue weighted by molar-refractivity contribution is 5.72. The zero-order valence-electron chi connectivity index (χ0n) is 9.96. The zero-order valence-corrected chi connectivity index (χ0v) is 9.96. The van der Waals surface area contributed by atoms with Gasteiger partial charge in [-0.3, -0.25) is 4.48 Å². The normalized spacial score (nSPS) is 11.8. The van der Waals surface area contributed by atoms with Crippen LogP contribution in [0.5, 0.6) is 0 Å². The largest absolute Gasteiger partial charge is 0.855 e. The first kappa shape index (κ1) is 14.9. The van der Waals surface area contributed by atoms with Gasteiger partial charge in [0.05, 0.1) is 21.1 Å². The molecule has 0 heterocycles. The average molecular weight is 189 g/mol. The van der Waals surface area contributed by atoms with Crippen LogP contribution < -0.4 is 5.11 Å². The number of rotatable bonds is 0. The molecule has 0 aliphatic rings. The third-order valence-corrected chi connectivity index (χ3v) is 1.20. The summed E-state index contributed by atoms with van der Waals surface area (Å²) in [5.74, 6) is 1.07. The second-order valence-corrected chi connectivity index (χ2v) is 3.72. The van der Waals surface area contributed by atoms with Gasteiger partial charge in [-0.2, -0.15) is 0 Å². The fourth-order valence-electron chi connectivity index (χ4n) is 1.10. The second kappa shape index (κ2) is 6.86. The minimum absolute atomic E-state index is 0. The number of nitrogens with zero attached hydrogens (tertiary/aromatic N) is 3. The van der Waals surface area contributed by atoms with E-state index in [1.54, 1.807) is 6.92 Å². The van der Waals surface area contributed by atoms with Crippen molar-refractivity contribution < 1.29 is 9.59 Å². The lowest BCUT2D eigenvalue weighted by molar-refractivity contribution is -0.782. The summed E-state index contributed by atoms with van der Waals surface area (Å²) in [6.45, 7) is 1.57. The zero-order chi connectivity index (χ0) is 11.1. The van der Waals surface area contributed by atoms with Gasteiger partial charge in [0, 0.05) is 21.1 Å². The van der Waals surface area contributed by atoms with Crippen molar-refractivity contribution in [1.82, 2.24) is 4.90 Å². The molecule has 0 amide bonds. The van der Waals surface area contributed by atoms with E-state index in [0.717, 1.165) is 10.4 Å². The maximum atomic E-state index is 8.93. The van der Waals surface area contributed by atoms with Crippen LogP contribution in [-0.4, -0.2) is 64.2 Å². The Morgan fingerprint density at radius 1 is 1.31 bits per heavy atom. The van der Waals surface area contributed by atoms with Crippen LogP contribution in [0.15, 0.2) is 4.99 Å². The van der Waals surface area contributed by atoms with E-state index in [1.807, 2.05) is 26.0 Å². The summed E-state index contributed by atoms with van der Waals surface area (Å²) in [7, 11) is 12.1. The van der Waals surface area contributed by atoms with Crippen molar-refractivity contribution in [3.8, 4) is 0 Å². The average Bonchev–Trinajstić information content (AvgIpc) is 1.85. The number of quaternary nitrogens is 1. The first-order valence-corrected chi connectivity index (χ1v) is 4.35. The molecule has 13 heavy (non-hydrogen) atoms. The molecule has 0 atom stereocenters.